The minimum absolute atomic E-state index is 0.268. The van der Waals surface area contributed by atoms with Crippen LogP contribution in [0, 0.1) is 0 Å². The first-order valence-electron chi connectivity index (χ1n) is 12.0. The number of aromatic nitrogens is 1. The molecule has 0 radical (unpaired) electrons. The summed E-state index contributed by atoms with van der Waals surface area (Å²) in [5, 5.41) is 3.05. The zero-order valence-electron chi connectivity index (χ0n) is 20.6. The number of thioether (sulfide) groups is 1. The second-order valence-corrected chi connectivity index (χ2v) is 14.9. The van der Waals surface area contributed by atoms with E-state index < -0.39 is 31.7 Å². The number of allylic oxidation sites excluding steroid dienone is 2. The highest BCUT2D eigenvalue weighted by molar-refractivity contribution is 8.03. The first-order chi connectivity index (χ1) is 18.4. The van der Waals surface area contributed by atoms with Gasteiger partial charge in [0, 0.05) is 51.6 Å². The monoisotopic (exact) mass is 647 g/mol. The SMILES string of the molecule is O=S(=O)([O-])CCCCN1/C(=C/C=C/c2sc3ccc(Cl)cc3[n+]2CCCCS(=O)(=O)[O-])Sc2ccc(Cl)cc21. The maximum atomic E-state index is 11.0. The van der Waals surface area contributed by atoms with Crippen molar-refractivity contribution in [1.29, 1.82) is 0 Å². The first-order valence-corrected chi connectivity index (χ1v) is 17.6. The number of thiazole rings is 1. The van der Waals surface area contributed by atoms with Crippen molar-refractivity contribution in [2.75, 3.05) is 23.0 Å². The van der Waals surface area contributed by atoms with E-state index >= 15 is 0 Å². The van der Waals surface area contributed by atoms with E-state index in [2.05, 4.69) is 9.47 Å². The van der Waals surface area contributed by atoms with Crippen LogP contribution in [0.3, 0.4) is 0 Å². The van der Waals surface area contributed by atoms with Gasteiger partial charge in [-0.05, 0) is 55.7 Å². The number of hydrogen-bond donors (Lipinski definition) is 0. The Hall–Kier alpha value is -1.64. The highest BCUT2D eigenvalue weighted by Gasteiger charge is 2.25. The Morgan fingerprint density at radius 3 is 2.28 bits per heavy atom. The van der Waals surface area contributed by atoms with Crippen LogP contribution in [0.1, 0.15) is 30.7 Å². The average Bonchev–Trinajstić information content (AvgIpc) is 3.35. The molecule has 210 valence electrons. The van der Waals surface area contributed by atoms with Crippen molar-refractivity contribution < 1.29 is 30.5 Å². The Kier molecular flexibility index (Phi) is 10.0. The number of aryl methyl sites for hydroxylation is 1. The number of hydrogen-bond acceptors (Lipinski definition) is 9. The van der Waals surface area contributed by atoms with Crippen molar-refractivity contribution in [3.05, 3.63) is 68.6 Å². The van der Waals surface area contributed by atoms with Crippen LogP contribution in [0.2, 0.25) is 10.0 Å². The third-order valence-electron chi connectivity index (χ3n) is 5.91. The number of fused-ring (bicyclic) bond motifs is 2. The minimum atomic E-state index is -4.25. The molecule has 2 heterocycles. The van der Waals surface area contributed by atoms with E-state index in [1.807, 2.05) is 54.6 Å². The van der Waals surface area contributed by atoms with Gasteiger partial charge >= 0.3 is 0 Å². The molecule has 0 unspecified atom stereocenters. The summed E-state index contributed by atoms with van der Waals surface area (Å²) in [7, 11) is -8.51. The van der Waals surface area contributed by atoms with Crippen LogP contribution < -0.4 is 9.47 Å². The van der Waals surface area contributed by atoms with Crippen molar-refractivity contribution in [3.63, 3.8) is 0 Å². The molecule has 0 saturated carbocycles. The summed E-state index contributed by atoms with van der Waals surface area (Å²) in [5.74, 6) is -0.794. The molecule has 0 aliphatic carbocycles. The Morgan fingerprint density at radius 2 is 1.56 bits per heavy atom. The smallest absolute Gasteiger partial charge is 0.262 e. The topological polar surface area (TPSA) is 122 Å². The molecule has 1 aromatic heterocycles. The van der Waals surface area contributed by atoms with Gasteiger partial charge in [-0.1, -0.05) is 52.4 Å². The lowest BCUT2D eigenvalue weighted by molar-refractivity contribution is -0.669. The van der Waals surface area contributed by atoms with Gasteiger partial charge in [0.25, 0.3) is 5.01 Å². The zero-order chi connectivity index (χ0) is 28.2. The van der Waals surface area contributed by atoms with Crippen LogP contribution in [0.4, 0.5) is 5.69 Å². The second kappa shape index (κ2) is 12.9. The number of anilines is 1. The van der Waals surface area contributed by atoms with E-state index in [1.165, 1.54) is 0 Å². The molecule has 39 heavy (non-hydrogen) atoms. The van der Waals surface area contributed by atoms with Crippen LogP contribution >= 0.6 is 46.3 Å². The van der Waals surface area contributed by atoms with E-state index in [0.717, 1.165) is 30.8 Å². The largest absolute Gasteiger partial charge is 0.748 e. The highest BCUT2D eigenvalue weighted by atomic mass is 35.5. The molecule has 0 atom stereocenters. The molecule has 3 aromatic rings. The number of unbranched alkanes of at least 4 members (excludes halogenated alkanes) is 2. The maximum absolute atomic E-state index is 11.0. The molecule has 2 aromatic carbocycles. The maximum Gasteiger partial charge on any atom is 0.262 e. The molecule has 0 bridgehead atoms. The third-order valence-corrected chi connectivity index (χ3v) is 10.2. The fraction of sp³-hybridized carbons (Fsp3) is 0.320. The van der Waals surface area contributed by atoms with Gasteiger partial charge in [0.15, 0.2) is 6.54 Å². The summed E-state index contributed by atoms with van der Waals surface area (Å²) in [6.45, 7) is 1.05. The lowest BCUT2D eigenvalue weighted by atomic mass is 10.2. The Labute approximate surface area is 246 Å². The van der Waals surface area contributed by atoms with Crippen LogP contribution in [0.5, 0.6) is 0 Å². The third kappa shape index (κ3) is 8.67. The summed E-state index contributed by atoms with van der Waals surface area (Å²) in [6.07, 6.45) is 7.43. The molecule has 1 aliphatic heterocycles. The van der Waals surface area contributed by atoms with Crippen molar-refractivity contribution in [2.24, 2.45) is 0 Å². The molecule has 1 aliphatic rings. The molecule has 4 rings (SSSR count). The summed E-state index contributed by atoms with van der Waals surface area (Å²) < 4.78 is 69.0. The number of benzene rings is 2. The molecule has 0 N–H and O–H groups in total. The molecule has 0 amide bonds. The highest BCUT2D eigenvalue weighted by Crippen LogP contribution is 2.47. The predicted octanol–water partition coefficient (Wildman–Crippen LogP) is 5.61. The minimum Gasteiger partial charge on any atom is -0.748 e. The molecular formula is C25H25Cl2N2O6S4-. The van der Waals surface area contributed by atoms with Gasteiger partial charge in [-0.15, -0.1) is 0 Å². The van der Waals surface area contributed by atoms with Gasteiger partial charge in [0.05, 0.1) is 31.0 Å². The van der Waals surface area contributed by atoms with Crippen LogP contribution in [0.15, 0.2) is 58.5 Å². The van der Waals surface area contributed by atoms with Crippen LogP contribution in [0.25, 0.3) is 16.3 Å². The summed E-state index contributed by atoms with van der Waals surface area (Å²) in [5.41, 5.74) is 1.86. The Morgan fingerprint density at radius 1 is 0.897 bits per heavy atom. The lowest BCUT2D eigenvalue weighted by Gasteiger charge is -2.20. The van der Waals surface area contributed by atoms with Gasteiger partial charge in [0.2, 0.25) is 5.52 Å². The number of rotatable bonds is 12. The van der Waals surface area contributed by atoms with Crippen molar-refractivity contribution in [3.8, 4) is 0 Å². The average molecular weight is 649 g/mol. The fourth-order valence-corrected chi connectivity index (χ4v) is 7.78. The first kappa shape index (κ1) is 30.3. The van der Waals surface area contributed by atoms with E-state index in [1.54, 1.807) is 23.1 Å². The van der Waals surface area contributed by atoms with Gasteiger partial charge in [-0.25, -0.2) is 16.8 Å². The number of halogens is 2. The summed E-state index contributed by atoms with van der Waals surface area (Å²) in [4.78, 5) is 3.09. The fourth-order valence-electron chi connectivity index (χ4n) is 4.17. The molecule has 0 spiro atoms. The predicted molar refractivity (Wildman–Crippen MR) is 156 cm³/mol. The quantitative estimate of drug-likeness (QED) is 0.141. The van der Waals surface area contributed by atoms with Gasteiger partial charge in [-0.3, -0.25) is 0 Å². The molecule has 14 heteroatoms. The molecule has 8 nitrogen and oxygen atoms in total. The molecule has 0 saturated heterocycles. The van der Waals surface area contributed by atoms with Crippen LogP contribution in [-0.4, -0.2) is 44.0 Å². The summed E-state index contributed by atoms with van der Waals surface area (Å²) in [6, 6.07) is 11.2. The second-order valence-electron chi connectivity index (χ2n) is 8.87. The summed E-state index contributed by atoms with van der Waals surface area (Å²) >= 11 is 15.6. The standard InChI is InChI=1S/C25H26Cl2N2O6S4/c26-18-8-10-22-20(16-18)28(12-1-3-14-38(30,31)32)24(36-22)6-5-7-25-29(13-2-4-15-39(33,34)35)21-17-19(27)9-11-23(21)37-25/h5-11,16-17H,1-4,12-15H2,(H-,30,31,32,33,34,35)/p-1. The van der Waals surface area contributed by atoms with Gasteiger partial charge < -0.3 is 14.0 Å². The van der Waals surface area contributed by atoms with Gasteiger partial charge in [-0.2, -0.15) is 4.57 Å². The van der Waals surface area contributed by atoms with Gasteiger partial charge in [0.1, 0.15) is 4.70 Å². The van der Waals surface area contributed by atoms with E-state index in [9.17, 15) is 25.9 Å². The molecular weight excluding hydrogens is 623 g/mol. The lowest BCUT2D eigenvalue weighted by Crippen LogP contribution is -2.35. The van der Waals surface area contributed by atoms with E-state index in [0.29, 0.717) is 36.0 Å². The van der Waals surface area contributed by atoms with Crippen molar-refractivity contribution in [2.45, 2.75) is 37.1 Å². The van der Waals surface area contributed by atoms with Crippen molar-refractivity contribution >= 4 is 88.5 Å². The van der Waals surface area contributed by atoms with E-state index in [-0.39, 0.29) is 12.8 Å². The van der Waals surface area contributed by atoms with Crippen molar-refractivity contribution in [1.82, 2.24) is 0 Å². The molecule has 0 fully saturated rings. The Balaban J connectivity index is 1.56. The Bertz CT molecular complexity index is 1640. The van der Waals surface area contributed by atoms with Crippen LogP contribution in [-0.2, 0) is 26.8 Å². The number of nitrogens with zero attached hydrogens (tertiary/aromatic N) is 2. The van der Waals surface area contributed by atoms with E-state index in [4.69, 9.17) is 23.2 Å². The normalized spacial score (nSPS) is 15.2. The zero-order valence-corrected chi connectivity index (χ0v) is 25.4.